The van der Waals surface area contributed by atoms with Gasteiger partial charge in [-0.25, -0.2) is 4.79 Å². The molecule has 0 bridgehead atoms. The molecule has 0 radical (unpaired) electrons. The van der Waals surface area contributed by atoms with Crippen LogP contribution in [0, 0.1) is 0 Å². The second-order valence-electron chi connectivity index (χ2n) is 6.46. The lowest BCUT2D eigenvalue weighted by Crippen LogP contribution is -2.22. The van der Waals surface area contributed by atoms with E-state index in [2.05, 4.69) is 10.6 Å². The van der Waals surface area contributed by atoms with Gasteiger partial charge in [0.05, 0.1) is 23.4 Å². The van der Waals surface area contributed by atoms with Gasteiger partial charge in [-0.1, -0.05) is 42.5 Å². The fourth-order valence-electron chi connectivity index (χ4n) is 2.88. The molecule has 0 fully saturated rings. The Hall–Kier alpha value is -2.91. The van der Waals surface area contributed by atoms with Crippen LogP contribution in [0.5, 0.6) is 0 Å². The third kappa shape index (κ3) is 6.05. The number of halogens is 3. The molecule has 9 heteroatoms. The maximum atomic E-state index is 13.2. The van der Waals surface area contributed by atoms with E-state index in [1.165, 1.54) is 29.5 Å². The number of carbonyl (C=O) groups excluding carboxylic acids is 1. The number of benzene rings is 2. The Kier molecular flexibility index (Phi) is 7.29. The first-order valence-electron chi connectivity index (χ1n) is 9.36. The Bertz CT molecular complexity index is 1070. The van der Waals surface area contributed by atoms with Crippen LogP contribution < -0.4 is 10.6 Å². The molecule has 162 valence electrons. The molecule has 3 aromatic rings. The number of carbonyl (C=O) groups is 1. The first kappa shape index (κ1) is 22.8. The van der Waals surface area contributed by atoms with Crippen molar-refractivity contribution in [1.29, 1.82) is 0 Å². The average molecular weight is 465 g/mol. The van der Waals surface area contributed by atoms with E-state index in [1.807, 2.05) is 30.3 Å². The largest absolute Gasteiger partial charge is 0.462 e. The number of para-hydroxylation sites is 1. The zero-order chi connectivity index (χ0) is 22.4. The molecule has 0 saturated carbocycles. The van der Waals surface area contributed by atoms with Gasteiger partial charge in [0.1, 0.15) is 5.00 Å². The highest BCUT2D eigenvalue weighted by molar-refractivity contribution is 7.80. The van der Waals surface area contributed by atoms with Gasteiger partial charge in [-0.05, 0) is 42.9 Å². The molecular formula is C22H19F3N2O2S2. The number of thiocarbonyl (C=S) groups is 1. The van der Waals surface area contributed by atoms with Crippen LogP contribution in [0.25, 0.3) is 0 Å². The van der Waals surface area contributed by atoms with Crippen LogP contribution in [-0.4, -0.2) is 17.7 Å². The zero-order valence-corrected chi connectivity index (χ0v) is 18.1. The summed E-state index contributed by atoms with van der Waals surface area (Å²) in [6.45, 7) is 1.90. The Labute approximate surface area is 187 Å². The van der Waals surface area contributed by atoms with Crippen molar-refractivity contribution < 1.29 is 22.7 Å². The van der Waals surface area contributed by atoms with Gasteiger partial charge in [-0.15, -0.1) is 11.3 Å². The van der Waals surface area contributed by atoms with E-state index < -0.39 is 17.7 Å². The van der Waals surface area contributed by atoms with Crippen LogP contribution in [0.4, 0.5) is 23.9 Å². The molecule has 0 unspecified atom stereocenters. The number of alkyl halides is 3. The second-order valence-corrected chi connectivity index (χ2v) is 8.01. The molecule has 0 aliphatic heterocycles. The van der Waals surface area contributed by atoms with Crippen molar-refractivity contribution in [1.82, 2.24) is 0 Å². The summed E-state index contributed by atoms with van der Waals surface area (Å²) in [5.41, 5.74) is 0.337. The Morgan fingerprint density at radius 2 is 1.74 bits per heavy atom. The molecule has 4 nitrogen and oxygen atoms in total. The summed E-state index contributed by atoms with van der Waals surface area (Å²) < 4.78 is 44.8. The summed E-state index contributed by atoms with van der Waals surface area (Å²) in [7, 11) is 0. The molecule has 0 aliphatic carbocycles. The van der Waals surface area contributed by atoms with E-state index in [0.29, 0.717) is 11.4 Å². The molecule has 2 N–H and O–H groups in total. The van der Waals surface area contributed by atoms with Gasteiger partial charge >= 0.3 is 12.1 Å². The molecule has 0 amide bonds. The number of thiophene rings is 1. The third-order valence-corrected chi connectivity index (χ3v) is 5.46. The molecule has 2 aromatic carbocycles. The number of rotatable bonds is 6. The van der Waals surface area contributed by atoms with Gasteiger partial charge in [0.15, 0.2) is 5.11 Å². The molecule has 0 spiro atoms. The van der Waals surface area contributed by atoms with Gasteiger partial charge in [0.2, 0.25) is 0 Å². The van der Waals surface area contributed by atoms with Crippen molar-refractivity contribution in [3.05, 3.63) is 82.2 Å². The Morgan fingerprint density at radius 3 is 2.42 bits per heavy atom. The van der Waals surface area contributed by atoms with E-state index in [4.69, 9.17) is 17.0 Å². The lowest BCUT2D eigenvalue weighted by molar-refractivity contribution is -0.136. The first-order chi connectivity index (χ1) is 14.8. The summed E-state index contributed by atoms with van der Waals surface area (Å²) in [6.07, 6.45) is -3.93. The molecule has 0 saturated heterocycles. The Morgan fingerprint density at radius 1 is 1.06 bits per heavy atom. The number of esters is 1. The topological polar surface area (TPSA) is 50.4 Å². The molecule has 0 atom stereocenters. The van der Waals surface area contributed by atoms with Gasteiger partial charge in [0, 0.05) is 11.3 Å². The lowest BCUT2D eigenvalue weighted by Gasteiger charge is -2.15. The fourth-order valence-corrected chi connectivity index (χ4v) is 4.24. The highest BCUT2D eigenvalue weighted by Crippen LogP contribution is 2.35. The number of ether oxygens (including phenoxy) is 1. The number of nitrogens with one attached hydrogen (secondary N) is 2. The van der Waals surface area contributed by atoms with E-state index in [9.17, 15) is 18.0 Å². The van der Waals surface area contributed by atoms with Gasteiger partial charge in [-0.3, -0.25) is 0 Å². The molecule has 0 aliphatic rings. The van der Waals surface area contributed by atoms with Gasteiger partial charge in [0.25, 0.3) is 0 Å². The van der Waals surface area contributed by atoms with Crippen LogP contribution in [0.1, 0.15) is 33.3 Å². The zero-order valence-electron chi connectivity index (χ0n) is 16.5. The summed E-state index contributed by atoms with van der Waals surface area (Å²) in [6, 6.07) is 16.5. The number of hydrogen-bond acceptors (Lipinski definition) is 4. The minimum Gasteiger partial charge on any atom is -0.462 e. The normalized spacial score (nSPS) is 11.1. The Balaban J connectivity index is 1.82. The number of hydrogen-bond donors (Lipinski definition) is 2. The van der Waals surface area contributed by atoms with Crippen molar-refractivity contribution in [3.8, 4) is 0 Å². The molecule has 1 aromatic heterocycles. The molecule has 3 rings (SSSR count). The standard InChI is InChI=1S/C22H19F3N2O2S2/c1-2-29-20(28)16-13-15(12-14-8-4-3-5-9-14)31-19(16)27-21(30)26-18-11-7-6-10-17(18)22(23,24)25/h3-11,13H,2,12H2,1H3,(H2,26,27,30). The lowest BCUT2D eigenvalue weighted by atomic mass is 10.1. The first-order valence-corrected chi connectivity index (χ1v) is 10.6. The van der Waals surface area contributed by atoms with Crippen LogP contribution >= 0.6 is 23.6 Å². The SMILES string of the molecule is CCOC(=O)c1cc(Cc2ccccc2)sc1NC(=S)Nc1ccccc1C(F)(F)F. The average Bonchev–Trinajstić information content (AvgIpc) is 3.10. The summed E-state index contributed by atoms with van der Waals surface area (Å²) >= 11 is 6.51. The van der Waals surface area contributed by atoms with Crippen molar-refractivity contribution >= 4 is 45.3 Å². The van der Waals surface area contributed by atoms with Crippen LogP contribution in [0.15, 0.2) is 60.7 Å². The molecular weight excluding hydrogens is 445 g/mol. The van der Waals surface area contributed by atoms with Crippen molar-refractivity contribution in [2.45, 2.75) is 19.5 Å². The second kappa shape index (κ2) is 9.93. The van der Waals surface area contributed by atoms with Crippen molar-refractivity contribution in [2.24, 2.45) is 0 Å². The van der Waals surface area contributed by atoms with Gasteiger partial charge < -0.3 is 15.4 Å². The van der Waals surface area contributed by atoms with Crippen LogP contribution in [0.3, 0.4) is 0 Å². The third-order valence-electron chi connectivity index (χ3n) is 4.21. The molecule has 31 heavy (non-hydrogen) atoms. The predicted octanol–water partition coefficient (Wildman–Crippen LogP) is 6.34. The number of anilines is 2. The monoisotopic (exact) mass is 464 g/mol. The van der Waals surface area contributed by atoms with Gasteiger partial charge in [-0.2, -0.15) is 13.2 Å². The van der Waals surface area contributed by atoms with Crippen LogP contribution in [0.2, 0.25) is 0 Å². The summed E-state index contributed by atoms with van der Waals surface area (Å²) in [5.74, 6) is -0.529. The maximum Gasteiger partial charge on any atom is 0.418 e. The minimum atomic E-state index is -4.53. The molecule has 1 heterocycles. The van der Waals surface area contributed by atoms with E-state index in [-0.39, 0.29) is 23.0 Å². The smallest absolute Gasteiger partial charge is 0.418 e. The fraction of sp³-hybridized carbons (Fsp3) is 0.182. The highest BCUT2D eigenvalue weighted by atomic mass is 32.1. The summed E-state index contributed by atoms with van der Waals surface area (Å²) in [5, 5.41) is 5.78. The predicted molar refractivity (Wildman–Crippen MR) is 121 cm³/mol. The highest BCUT2D eigenvalue weighted by Gasteiger charge is 2.33. The van der Waals surface area contributed by atoms with E-state index in [0.717, 1.165) is 16.5 Å². The van der Waals surface area contributed by atoms with E-state index in [1.54, 1.807) is 13.0 Å². The van der Waals surface area contributed by atoms with E-state index >= 15 is 0 Å². The van der Waals surface area contributed by atoms with Crippen molar-refractivity contribution in [2.75, 3.05) is 17.2 Å². The summed E-state index contributed by atoms with van der Waals surface area (Å²) in [4.78, 5) is 13.3. The van der Waals surface area contributed by atoms with Crippen LogP contribution in [-0.2, 0) is 17.3 Å². The minimum absolute atomic E-state index is 0.0599. The van der Waals surface area contributed by atoms with Crippen molar-refractivity contribution in [3.63, 3.8) is 0 Å². The quantitative estimate of drug-likeness (QED) is 0.329. The maximum absolute atomic E-state index is 13.2.